The minimum Gasteiger partial charge on any atom is -0.362 e. The monoisotopic (exact) mass is 629 g/mol. The number of hydrogen-bond acceptors (Lipinski definition) is 5. The van der Waals surface area contributed by atoms with Gasteiger partial charge in [-0.15, -0.1) is 0 Å². The summed E-state index contributed by atoms with van der Waals surface area (Å²) in [5.41, 5.74) is 6.03. The molecule has 44 heavy (non-hydrogen) atoms. The van der Waals surface area contributed by atoms with Crippen molar-refractivity contribution in [2.45, 2.75) is 25.5 Å². The fraction of sp³-hybridized carbons (Fsp3) is 0.188. The molecule has 4 aromatic carbocycles. The van der Waals surface area contributed by atoms with Crippen molar-refractivity contribution in [1.29, 1.82) is 0 Å². The molecule has 2 atom stereocenters. The molecule has 0 saturated carbocycles. The maximum Gasteiger partial charge on any atom is 0.469 e. The van der Waals surface area contributed by atoms with Crippen molar-refractivity contribution in [3.05, 3.63) is 114 Å². The van der Waals surface area contributed by atoms with E-state index < -0.39 is 13.9 Å². The van der Waals surface area contributed by atoms with E-state index in [4.69, 9.17) is 4.52 Å². The van der Waals surface area contributed by atoms with Gasteiger partial charge in [-0.25, -0.2) is 4.57 Å². The minimum absolute atomic E-state index is 0. The first kappa shape index (κ1) is 34.6. The van der Waals surface area contributed by atoms with Crippen molar-refractivity contribution < 1.29 is 28.5 Å². The second kappa shape index (κ2) is 14.4. The van der Waals surface area contributed by atoms with Gasteiger partial charge in [0, 0.05) is 95.1 Å². The van der Waals surface area contributed by atoms with Gasteiger partial charge in [0.25, 0.3) is 11.8 Å². The third-order valence-corrected chi connectivity index (χ3v) is 8.28. The molecule has 2 amide bonds. The Morgan fingerprint density at radius 1 is 0.841 bits per heavy atom. The Bertz CT molecular complexity index is 1700. The summed E-state index contributed by atoms with van der Waals surface area (Å²) in [4.78, 5) is 49.3. The van der Waals surface area contributed by atoms with Gasteiger partial charge in [0.2, 0.25) is 0 Å². The molecule has 0 unspecified atom stereocenters. The number of aryl methyl sites for hydroxylation is 1. The summed E-state index contributed by atoms with van der Waals surface area (Å²) in [5, 5.41) is 2.95. The largest absolute Gasteiger partial charge is 0.469 e. The van der Waals surface area contributed by atoms with Crippen LogP contribution in [0, 0.1) is 6.92 Å². The van der Waals surface area contributed by atoms with E-state index in [1.165, 1.54) is 0 Å². The number of rotatable bonds is 6. The molecule has 2 aliphatic rings. The Balaban J connectivity index is 0.00000221. The Kier molecular flexibility index (Phi) is 11.4. The van der Waals surface area contributed by atoms with Gasteiger partial charge in [-0.3, -0.25) is 14.1 Å². The van der Waals surface area contributed by atoms with Crippen LogP contribution in [-0.4, -0.2) is 106 Å². The van der Waals surface area contributed by atoms with Gasteiger partial charge in [0.05, 0.1) is 17.5 Å². The second-order valence-corrected chi connectivity index (χ2v) is 11.8. The summed E-state index contributed by atoms with van der Waals surface area (Å²) in [6.07, 6.45) is -0.254. The molecule has 2 heterocycles. The molecule has 0 aromatic heterocycles. The molecule has 6 rings (SSSR count). The molecule has 0 aliphatic carbocycles. The van der Waals surface area contributed by atoms with Gasteiger partial charge in [-0.05, 0) is 66.9 Å². The third-order valence-electron chi connectivity index (χ3n) is 7.71. The third kappa shape index (κ3) is 7.57. The van der Waals surface area contributed by atoms with Gasteiger partial charge in [-0.1, -0.05) is 60.2 Å². The van der Waals surface area contributed by atoms with Gasteiger partial charge in [-0.2, -0.15) is 0 Å². The molecule has 3 N–H and O–H groups in total. The molecule has 4 aromatic rings. The van der Waals surface area contributed by atoms with Gasteiger partial charge in [0.1, 0.15) is 0 Å². The fourth-order valence-corrected chi connectivity index (χ4v) is 6.31. The first-order valence-electron chi connectivity index (χ1n) is 13.7. The second-order valence-electron chi connectivity index (χ2n) is 10.6. The van der Waals surface area contributed by atoms with Crippen LogP contribution in [-0.2, 0) is 9.09 Å². The Hall–Kier alpha value is -2.27. The summed E-state index contributed by atoms with van der Waals surface area (Å²) in [6, 6.07) is 29.6. The Morgan fingerprint density at radius 3 is 2.16 bits per heavy atom. The van der Waals surface area contributed by atoms with Gasteiger partial charge < -0.3 is 24.9 Å². The van der Waals surface area contributed by atoms with Crippen LogP contribution in [0.15, 0.2) is 97.1 Å². The van der Waals surface area contributed by atoms with E-state index in [2.05, 4.69) is 5.32 Å². The quantitative estimate of drug-likeness (QED) is 0.206. The van der Waals surface area contributed by atoms with Crippen LogP contribution in [0.25, 0.3) is 11.1 Å². The number of carbonyl (C=O) groups is 2. The summed E-state index contributed by atoms with van der Waals surface area (Å²) >= 11 is 0. The zero-order valence-corrected chi connectivity index (χ0v) is 29.8. The number of hydrogen-bond donors (Lipinski definition) is 3. The topological polar surface area (TPSA) is 119 Å². The first-order valence-corrected chi connectivity index (χ1v) is 15.2. The minimum atomic E-state index is -4.63. The summed E-state index contributed by atoms with van der Waals surface area (Å²) < 4.78 is 16.4. The van der Waals surface area contributed by atoms with Crippen LogP contribution in [0.2, 0.25) is 0 Å². The number of para-hydroxylation sites is 2. The number of carbonyl (C=O) groups excluding carboxylic acids is 2. The van der Waals surface area contributed by atoms with Crippen molar-refractivity contribution >= 4 is 95.8 Å². The molecule has 1 saturated heterocycles. The van der Waals surface area contributed by atoms with Gasteiger partial charge in [0.15, 0.2) is 0 Å². The van der Waals surface area contributed by atoms with E-state index in [-0.39, 0.29) is 77.0 Å². The fourth-order valence-electron chi connectivity index (χ4n) is 5.77. The van der Waals surface area contributed by atoms with E-state index in [0.717, 1.165) is 28.1 Å². The predicted octanol–water partition coefficient (Wildman–Crippen LogP) is 4.87. The van der Waals surface area contributed by atoms with Crippen molar-refractivity contribution in [3.63, 3.8) is 0 Å². The Labute approximate surface area is 300 Å². The number of nitrogens with one attached hydrogen (secondary N) is 1. The van der Waals surface area contributed by atoms with E-state index >= 15 is 0 Å². The molecular formula is C32H30N3Na2O6P. The standard InChI is InChI=1S/C32H30N3O6P.2Na/c1-21-10-12-22(13-11-21)27-6-2-3-7-28(27)31(36)33-24-16-14-23(15-17-24)32(37)35-19-25-18-26(41-42(38,39)40)20-34(25)29-8-4-5-9-30(29)35;;/h2-17,25-26H,18-20H2,1H3,(H,33,36)(H2,38,39,40);;/t25-,26+;;/m1../s1. The van der Waals surface area contributed by atoms with E-state index in [9.17, 15) is 23.9 Å². The van der Waals surface area contributed by atoms with Crippen molar-refractivity contribution in [3.8, 4) is 11.1 Å². The first-order chi connectivity index (χ1) is 20.2. The normalized spacial score (nSPS) is 17.1. The van der Waals surface area contributed by atoms with Crippen molar-refractivity contribution in [1.82, 2.24) is 0 Å². The number of amides is 2. The van der Waals surface area contributed by atoms with Crippen LogP contribution in [0.5, 0.6) is 0 Å². The average molecular weight is 630 g/mol. The molecule has 2 aliphatic heterocycles. The van der Waals surface area contributed by atoms with Gasteiger partial charge >= 0.3 is 7.82 Å². The Morgan fingerprint density at radius 2 is 1.48 bits per heavy atom. The van der Waals surface area contributed by atoms with E-state index in [1.54, 1.807) is 35.2 Å². The molecule has 0 bridgehead atoms. The average Bonchev–Trinajstić information content (AvgIpc) is 3.38. The molecule has 9 nitrogen and oxygen atoms in total. The molecule has 2 radical (unpaired) electrons. The van der Waals surface area contributed by atoms with Crippen LogP contribution in [0.4, 0.5) is 17.1 Å². The number of phosphoric acid groups is 1. The zero-order chi connectivity index (χ0) is 29.4. The van der Waals surface area contributed by atoms with Crippen LogP contribution >= 0.6 is 7.82 Å². The predicted molar refractivity (Wildman–Crippen MR) is 173 cm³/mol. The van der Waals surface area contributed by atoms with Crippen LogP contribution < -0.4 is 15.1 Å². The smallest absolute Gasteiger partial charge is 0.362 e. The number of fused-ring (bicyclic) bond motifs is 3. The number of nitrogens with zero attached hydrogens (tertiary/aromatic N) is 2. The summed E-state index contributed by atoms with van der Waals surface area (Å²) in [7, 11) is -4.63. The summed E-state index contributed by atoms with van der Waals surface area (Å²) in [6.45, 7) is 2.70. The SMILES string of the molecule is Cc1ccc(-c2ccccc2C(=O)Nc2ccc(C(=O)N3C[C@H]4C[C@H](OP(=O)(O)O)CN4c4ccccc43)cc2)cc1.[Na].[Na]. The molecule has 0 spiro atoms. The maximum atomic E-state index is 13.7. The number of benzene rings is 4. The van der Waals surface area contributed by atoms with E-state index in [1.807, 2.05) is 78.6 Å². The van der Waals surface area contributed by atoms with Crippen molar-refractivity contribution in [2.75, 3.05) is 28.2 Å². The molecule has 1 fully saturated rings. The van der Waals surface area contributed by atoms with E-state index in [0.29, 0.717) is 36.3 Å². The zero-order valence-electron chi connectivity index (χ0n) is 24.9. The number of phosphoric ester groups is 1. The molecule has 216 valence electrons. The molecule has 12 heteroatoms. The van der Waals surface area contributed by atoms with Crippen molar-refractivity contribution in [2.24, 2.45) is 0 Å². The molecular weight excluding hydrogens is 599 g/mol. The van der Waals surface area contributed by atoms with Crippen LogP contribution in [0.3, 0.4) is 0 Å². The maximum absolute atomic E-state index is 13.7. The number of anilines is 3. The van der Waals surface area contributed by atoms with Crippen LogP contribution in [0.1, 0.15) is 32.7 Å². The summed E-state index contributed by atoms with van der Waals surface area (Å²) in [5.74, 6) is -0.451.